The average Bonchev–Trinajstić information content (AvgIpc) is 3.10. The summed E-state index contributed by atoms with van der Waals surface area (Å²) >= 11 is 1.79. The van der Waals surface area contributed by atoms with Crippen LogP contribution in [0.3, 0.4) is 0 Å². The Balaban J connectivity index is 0.00000208. The van der Waals surface area contributed by atoms with Gasteiger partial charge >= 0.3 is 0 Å². The summed E-state index contributed by atoms with van der Waals surface area (Å²) in [6, 6.07) is 18.4. The molecule has 1 unspecified atom stereocenters. The lowest BCUT2D eigenvalue weighted by molar-refractivity contribution is 0.0787. The number of likely N-dealkylation sites (tertiary alicyclic amines) is 1. The zero-order chi connectivity index (χ0) is 16.1. The Morgan fingerprint density at radius 1 is 1.12 bits per heavy atom. The third kappa shape index (κ3) is 4.76. The van der Waals surface area contributed by atoms with Crippen molar-refractivity contribution in [1.82, 2.24) is 4.90 Å². The highest BCUT2D eigenvalue weighted by molar-refractivity contribution is 7.98. The van der Waals surface area contributed by atoms with E-state index in [4.69, 9.17) is 5.73 Å². The van der Waals surface area contributed by atoms with Crippen LogP contribution in [0, 0.1) is 5.92 Å². The van der Waals surface area contributed by atoms with Gasteiger partial charge in [-0.05, 0) is 48.7 Å². The highest BCUT2D eigenvalue weighted by Crippen LogP contribution is 2.24. The van der Waals surface area contributed by atoms with Gasteiger partial charge < -0.3 is 10.6 Å². The van der Waals surface area contributed by atoms with E-state index in [1.807, 2.05) is 35.2 Å². The second-order valence-electron chi connectivity index (χ2n) is 5.94. The van der Waals surface area contributed by atoms with E-state index >= 15 is 0 Å². The molecular weight excluding hydrogens is 340 g/mol. The van der Waals surface area contributed by atoms with Crippen LogP contribution in [0.15, 0.2) is 59.5 Å². The number of nitrogens with zero attached hydrogens (tertiary/aromatic N) is 1. The molecule has 2 aromatic rings. The fourth-order valence-corrected chi connectivity index (χ4v) is 3.68. The first kappa shape index (κ1) is 18.8. The van der Waals surface area contributed by atoms with Gasteiger partial charge in [-0.2, -0.15) is 0 Å². The van der Waals surface area contributed by atoms with Gasteiger partial charge in [0.15, 0.2) is 0 Å². The number of benzene rings is 2. The maximum Gasteiger partial charge on any atom is 0.253 e. The van der Waals surface area contributed by atoms with Gasteiger partial charge in [-0.25, -0.2) is 0 Å². The molecule has 0 aromatic heterocycles. The van der Waals surface area contributed by atoms with Crippen LogP contribution < -0.4 is 5.73 Å². The molecule has 1 amide bonds. The topological polar surface area (TPSA) is 46.3 Å². The van der Waals surface area contributed by atoms with Crippen LogP contribution >= 0.6 is 24.2 Å². The molecule has 128 valence electrons. The maximum absolute atomic E-state index is 12.5. The molecule has 2 N–H and O–H groups in total. The molecule has 0 radical (unpaired) electrons. The Kier molecular flexibility index (Phi) is 7.16. The van der Waals surface area contributed by atoms with Gasteiger partial charge in [-0.3, -0.25) is 4.79 Å². The number of hydrogen-bond donors (Lipinski definition) is 1. The Hall–Kier alpha value is -1.49. The van der Waals surface area contributed by atoms with Crippen molar-refractivity contribution in [3.05, 3.63) is 65.7 Å². The van der Waals surface area contributed by atoms with Crippen molar-refractivity contribution in [3.63, 3.8) is 0 Å². The number of thioether (sulfide) groups is 1. The monoisotopic (exact) mass is 362 g/mol. The number of rotatable bonds is 5. The molecule has 1 fully saturated rings. The van der Waals surface area contributed by atoms with Gasteiger partial charge in [-0.15, -0.1) is 24.2 Å². The largest absolute Gasteiger partial charge is 0.338 e. The van der Waals surface area contributed by atoms with E-state index in [9.17, 15) is 4.79 Å². The lowest BCUT2D eigenvalue weighted by atomic mass is 10.1. The minimum absolute atomic E-state index is 0. The van der Waals surface area contributed by atoms with E-state index in [2.05, 4.69) is 24.3 Å². The Morgan fingerprint density at radius 3 is 2.46 bits per heavy atom. The molecule has 2 aromatic carbocycles. The first-order valence-corrected chi connectivity index (χ1v) is 9.01. The lowest BCUT2D eigenvalue weighted by Crippen LogP contribution is -2.29. The van der Waals surface area contributed by atoms with E-state index in [0.29, 0.717) is 12.5 Å². The molecule has 0 spiro atoms. The number of hydrogen-bond acceptors (Lipinski definition) is 3. The SMILES string of the molecule is Cl.NCC1CCN(C(=O)c2ccc(SCc3ccccc3)cc2)C1. The fraction of sp³-hybridized carbons (Fsp3) is 0.316. The predicted molar refractivity (Wildman–Crippen MR) is 103 cm³/mol. The number of halogens is 1. The summed E-state index contributed by atoms with van der Waals surface area (Å²) in [6.45, 7) is 2.28. The Labute approximate surface area is 154 Å². The van der Waals surface area contributed by atoms with Crippen LogP contribution in [-0.4, -0.2) is 30.4 Å². The smallest absolute Gasteiger partial charge is 0.253 e. The zero-order valence-electron chi connectivity index (χ0n) is 13.6. The third-order valence-corrected chi connectivity index (χ3v) is 5.34. The fourth-order valence-electron chi connectivity index (χ4n) is 2.83. The molecular formula is C19H23ClN2OS. The maximum atomic E-state index is 12.5. The molecule has 0 aliphatic carbocycles. The summed E-state index contributed by atoms with van der Waals surface area (Å²) in [6.07, 6.45) is 1.02. The van der Waals surface area contributed by atoms with Crippen molar-refractivity contribution in [2.24, 2.45) is 11.7 Å². The summed E-state index contributed by atoms with van der Waals surface area (Å²) in [5.41, 5.74) is 7.77. The molecule has 3 nitrogen and oxygen atoms in total. The molecule has 5 heteroatoms. The van der Waals surface area contributed by atoms with Crippen LogP contribution in [-0.2, 0) is 5.75 Å². The van der Waals surface area contributed by atoms with Gasteiger partial charge in [0.25, 0.3) is 5.91 Å². The molecule has 1 atom stereocenters. The summed E-state index contributed by atoms with van der Waals surface area (Å²) in [5.74, 6) is 1.53. The van der Waals surface area contributed by atoms with Gasteiger partial charge in [0.2, 0.25) is 0 Å². The first-order valence-electron chi connectivity index (χ1n) is 8.02. The minimum atomic E-state index is 0. The molecule has 1 saturated heterocycles. The van der Waals surface area contributed by atoms with Crippen LogP contribution in [0.5, 0.6) is 0 Å². The van der Waals surface area contributed by atoms with Crippen molar-refractivity contribution in [2.45, 2.75) is 17.1 Å². The van der Waals surface area contributed by atoms with Gasteiger partial charge in [0, 0.05) is 29.3 Å². The molecule has 1 aliphatic heterocycles. The molecule has 1 heterocycles. The highest BCUT2D eigenvalue weighted by Gasteiger charge is 2.25. The van der Waals surface area contributed by atoms with E-state index in [1.165, 1.54) is 10.5 Å². The second kappa shape index (κ2) is 9.11. The number of carbonyl (C=O) groups excluding carboxylic acids is 1. The molecule has 0 bridgehead atoms. The summed E-state index contributed by atoms with van der Waals surface area (Å²) in [4.78, 5) is 15.6. The van der Waals surface area contributed by atoms with Gasteiger partial charge in [0.05, 0.1) is 0 Å². The van der Waals surface area contributed by atoms with Gasteiger partial charge in [-0.1, -0.05) is 30.3 Å². The van der Waals surface area contributed by atoms with Crippen LogP contribution in [0.25, 0.3) is 0 Å². The molecule has 3 rings (SSSR count). The van der Waals surface area contributed by atoms with Crippen molar-refractivity contribution in [3.8, 4) is 0 Å². The number of nitrogens with two attached hydrogens (primary N) is 1. The van der Waals surface area contributed by atoms with Crippen LogP contribution in [0.1, 0.15) is 22.3 Å². The van der Waals surface area contributed by atoms with E-state index in [-0.39, 0.29) is 18.3 Å². The Morgan fingerprint density at radius 2 is 1.83 bits per heavy atom. The minimum Gasteiger partial charge on any atom is -0.338 e. The number of carbonyl (C=O) groups is 1. The van der Waals surface area contributed by atoms with E-state index in [1.54, 1.807) is 11.8 Å². The van der Waals surface area contributed by atoms with E-state index in [0.717, 1.165) is 30.8 Å². The van der Waals surface area contributed by atoms with Crippen molar-refractivity contribution in [2.75, 3.05) is 19.6 Å². The highest BCUT2D eigenvalue weighted by atomic mass is 35.5. The summed E-state index contributed by atoms with van der Waals surface area (Å²) in [5, 5.41) is 0. The van der Waals surface area contributed by atoms with Crippen molar-refractivity contribution in [1.29, 1.82) is 0 Å². The van der Waals surface area contributed by atoms with Crippen LogP contribution in [0.4, 0.5) is 0 Å². The van der Waals surface area contributed by atoms with Crippen LogP contribution in [0.2, 0.25) is 0 Å². The van der Waals surface area contributed by atoms with Gasteiger partial charge in [0.1, 0.15) is 0 Å². The molecule has 1 aliphatic rings. The third-order valence-electron chi connectivity index (χ3n) is 4.26. The van der Waals surface area contributed by atoms with Crippen molar-refractivity contribution >= 4 is 30.1 Å². The second-order valence-corrected chi connectivity index (χ2v) is 6.99. The normalized spacial score (nSPS) is 16.7. The quantitative estimate of drug-likeness (QED) is 0.822. The summed E-state index contributed by atoms with van der Waals surface area (Å²) < 4.78 is 0. The first-order chi connectivity index (χ1) is 11.3. The Bertz CT molecular complexity index is 648. The zero-order valence-corrected chi connectivity index (χ0v) is 15.2. The molecule has 24 heavy (non-hydrogen) atoms. The molecule has 0 saturated carbocycles. The van der Waals surface area contributed by atoms with E-state index < -0.39 is 0 Å². The summed E-state index contributed by atoms with van der Waals surface area (Å²) in [7, 11) is 0. The number of amides is 1. The predicted octanol–water partition coefficient (Wildman–Crippen LogP) is 3.82. The standard InChI is InChI=1S/C19H22N2OS.ClH/c20-12-16-10-11-21(13-16)19(22)17-6-8-18(9-7-17)23-14-15-4-2-1-3-5-15;/h1-9,16H,10-14,20H2;1H. The van der Waals surface area contributed by atoms with Crippen molar-refractivity contribution < 1.29 is 4.79 Å². The average molecular weight is 363 g/mol. The lowest BCUT2D eigenvalue weighted by Gasteiger charge is -2.16.